The summed E-state index contributed by atoms with van der Waals surface area (Å²) in [5.74, 6) is -0.922. The molecule has 2 amide bonds. The first-order valence-electron chi connectivity index (χ1n) is 9.93. The molecule has 6 nitrogen and oxygen atoms in total. The van der Waals surface area contributed by atoms with E-state index in [9.17, 15) is 14.0 Å². The van der Waals surface area contributed by atoms with Gasteiger partial charge < -0.3 is 14.4 Å². The summed E-state index contributed by atoms with van der Waals surface area (Å²) in [6.07, 6.45) is -0.226. The van der Waals surface area contributed by atoms with Gasteiger partial charge in [0.1, 0.15) is 17.3 Å². The number of rotatable bonds is 4. The molecule has 8 heteroatoms. The number of imide groups is 1. The lowest BCUT2D eigenvalue weighted by Crippen LogP contribution is -2.47. The summed E-state index contributed by atoms with van der Waals surface area (Å²) >= 11 is 6.24. The molecule has 31 heavy (non-hydrogen) atoms. The van der Waals surface area contributed by atoms with Crippen LogP contribution in [-0.4, -0.2) is 49.1 Å². The van der Waals surface area contributed by atoms with Crippen molar-refractivity contribution in [3.05, 3.63) is 64.6 Å². The Morgan fingerprint density at radius 3 is 2.26 bits per heavy atom. The number of nitrogens with zero attached hydrogens (tertiary/aromatic N) is 2. The van der Waals surface area contributed by atoms with Gasteiger partial charge in [0.15, 0.2) is 0 Å². The number of amides is 2. The van der Waals surface area contributed by atoms with Crippen molar-refractivity contribution in [2.45, 2.75) is 26.1 Å². The predicted octanol–water partition coefficient (Wildman–Crippen LogP) is 3.88. The number of methoxy groups -OCH3 is 1. The summed E-state index contributed by atoms with van der Waals surface area (Å²) in [7, 11) is 1.49. The largest absolute Gasteiger partial charge is 0.495 e. The van der Waals surface area contributed by atoms with Gasteiger partial charge in [-0.05, 0) is 49.7 Å². The SMILES string of the molecule is COc1ccc(N2C(=O)C(c3ccc(F)cc3)=C(N3CC(C)OC(C)C3)C2=O)cc1Cl. The normalized spacial score (nSPS) is 21.8. The molecule has 2 aromatic rings. The van der Waals surface area contributed by atoms with Gasteiger partial charge in [0.2, 0.25) is 0 Å². The fraction of sp³-hybridized carbons (Fsp3) is 0.304. The number of halogens is 2. The van der Waals surface area contributed by atoms with Crippen molar-refractivity contribution in [3.8, 4) is 5.75 Å². The Morgan fingerprint density at radius 2 is 1.68 bits per heavy atom. The molecule has 0 aliphatic carbocycles. The second-order valence-corrected chi connectivity index (χ2v) is 8.06. The number of carbonyl (C=O) groups is 2. The lowest BCUT2D eigenvalue weighted by Gasteiger charge is -2.37. The molecule has 162 valence electrons. The molecular formula is C23H22ClFN2O4. The third kappa shape index (κ3) is 3.91. The quantitative estimate of drug-likeness (QED) is 0.670. The van der Waals surface area contributed by atoms with Gasteiger partial charge in [0, 0.05) is 13.1 Å². The molecule has 2 atom stereocenters. The van der Waals surface area contributed by atoms with Crippen molar-refractivity contribution in [1.29, 1.82) is 0 Å². The third-order valence-corrected chi connectivity index (χ3v) is 5.62. The molecule has 4 rings (SSSR count). The zero-order chi connectivity index (χ0) is 22.3. The highest BCUT2D eigenvalue weighted by atomic mass is 35.5. The lowest BCUT2D eigenvalue weighted by molar-refractivity contribution is -0.121. The number of hydrogen-bond donors (Lipinski definition) is 0. The smallest absolute Gasteiger partial charge is 0.282 e. The molecule has 0 saturated carbocycles. The van der Waals surface area contributed by atoms with Crippen LogP contribution in [0, 0.1) is 5.82 Å². The molecule has 2 unspecified atom stereocenters. The van der Waals surface area contributed by atoms with Crippen LogP contribution in [0.15, 0.2) is 48.2 Å². The van der Waals surface area contributed by atoms with Crippen LogP contribution >= 0.6 is 11.6 Å². The Labute approximate surface area is 184 Å². The molecule has 0 aromatic heterocycles. The van der Waals surface area contributed by atoms with Crippen molar-refractivity contribution in [2.24, 2.45) is 0 Å². The van der Waals surface area contributed by atoms with Crippen molar-refractivity contribution in [1.82, 2.24) is 4.90 Å². The average molecular weight is 445 g/mol. The predicted molar refractivity (Wildman–Crippen MR) is 115 cm³/mol. The fourth-order valence-corrected chi connectivity index (χ4v) is 4.33. The van der Waals surface area contributed by atoms with Gasteiger partial charge in [-0.2, -0.15) is 0 Å². The second-order valence-electron chi connectivity index (χ2n) is 7.66. The Kier molecular flexibility index (Phi) is 5.73. The monoisotopic (exact) mass is 444 g/mol. The molecule has 2 heterocycles. The van der Waals surface area contributed by atoms with Crippen molar-refractivity contribution < 1.29 is 23.5 Å². The van der Waals surface area contributed by atoms with Crippen LogP contribution in [0.1, 0.15) is 19.4 Å². The summed E-state index contributed by atoms with van der Waals surface area (Å²) in [5, 5.41) is 0.283. The molecule has 0 bridgehead atoms. The van der Waals surface area contributed by atoms with Gasteiger partial charge in [0.25, 0.3) is 11.8 Å². The van der Waals surface area contributed by atoms with Crippen LogP contribution < -0.4 is 9.64 Å². The zero-order valence-corrected chi connectivity index (χ0v) is 18.1. The number of hydrogen-bond acceptors (Lipinski definition) is 5. The lowest BCUT2D eigenvalue weighted by atomic mass is 10.0. The van der Waals surface area contributed by atoms with Crippen LogP contribution in [0.25, 0.3) is 5.57 Å². The van der Waals surface area contributed by atoms with Crippen molar-refractivity contribution in [2.75, 3.05) is 25.1 Å². The molecular weight excluding hydrogens is 423 g/mol. The Balaban J connectivity index is 1.82. The molecule has 2 aliphatic rings. The van der Waals surface area contributed by atoms with Crippen LogP contribution in [0.3, 0.4) is 0 Å². The fourth-order valence-electron chi connectivity index (χ4n) is 4.08. The average Bonchev–Trinajstić information content (AvgIpc) is 2.98. The van der Waals surface area contributed by atoms with E-state index in [0.717, 1.165) is 4.90 Å². The van der Waals surface area contributed by atoms with Crippen LogP contribution in [0.4, 0.5) is 10.1 Å². The van der Waals surface area contributed by atoms with E-state index in [1.807, 2.05) is 18.7 Å². The van der Waals surface area contributed by atoms with Gasteiger partial charge in [-0.25, -0.2) is 9.29 Å². The molecule has 0 radical (unpaired) electrons. The van der Waals surface area contributed by atoms with E-state index in [0.29, 0.717) is 30.1 Å². The minimum absolute atomic E-state index is 0.113. The molecule has 1 saturated heterocycles. The van der Waals surface area contributed by atoms with Gasteiger partial charge in [-0.1, -0.05) is 23.7 Å². The van der Waals surface area contributed by atoms with E-state index in [2.05, 4.69) is 0 Å². The summed E-state index contributed by atoms with van der Waals surface area (Å²) in [6, 6.07) is 10.3. The first-order valence-corrected chi connectivity index (χ1v) is 10.3. The first-order chi connectivity index (χ1) is 14.8. The van der Waals surface area contributed by atoms with E-state index >= 15 is 0 Å². The summed E-state index contributed by atoms with van der Waals surface area (Å²) in [5.41, 5.74) is 1.33. The molecule has 2 aromatic carbocycles. The van der Waals surface area contributed by atoms with E-state index in [1.165, 1.54) is 37.4 Å². The molecule has 2 aliphatic heterocycles. The zero-order valence-electron chi connectivity index (χ0n) is 17.4. The minimum Gasteiger partial charge on any atom is -0.495 e. The van der Waals surface area contributed by atoms with Gasteiger partial charge in [-0.3, -0.25) is 9.59 Å². The third-order valence-electron chi connectivity index (χ3n) is 5.32. The minimum atomic E-state index is -0.486. The highest BCUT2D eigenvalue weighted by Crippen LogP contribution is 2.38. The van der Waals surface area contributed by atoms with Gasteiger partial charge in [-0.15, -0.1) is 0 Å². The number of carbonyl (C=O) groups excluding carboxylic acids is 2. The topological polar surface area (TPSA) is 59.1 Å². The van der Waals surface area contributed by atoms with Crippen molar-refractivity contribution >= 4 is 34.7 Å². The number of morpholine rings is 1. The molecule has 0 spiro atoms. The Bertz CT molecular complexity index is 1060. The highest BCUT2D eigenvalue weighted by Gasteiger charge is 2.44. The summed E-state index contributed by atoms with van der Waals surface area (Å²) < 4.78 is 24.5. The Hall–Kier alpha value is -2.90. The number of anilines is 1. The van der Waals surface area contributed by atoms with Crippen LogP contribution in [0.2, 0.25) is 5.02 Å². The Morgan fingerprint density at radius 1 is 1.03 bits per heavy atom. The van der Waals surface area contributed by atoms with E-state index < -0.39 is 17.6 Å². The maximum Gasteiger partial charge on any atom is 0.282 e. The number of ether oxygens (including phenoxy) is 2. The maximum absolute atomic E-state index is 13.6. The van der Waals surface area contributed by atoms with E-state index in [-0.39, 0.29) is 28.5 Å². The van der Waals surface area contributed by atoms with E-state index in [1.54, 1.807) is 12.1 Å². The van der Waals surface area contributed by atoms with E-state index in [4.69, 9.17) is 21.1 Å². The van der Waals surface area contributed by atoms with Crippen LogP contribution in [0.5, 0.6) is 5.75 Å². The highest BCUT2D eigenvalue weighted by molar-refractivity contribution is 6.45. The maximum atomic E-state index is 13.6. The molecule has 0 N–H and O–H groups in total. The standard InChI is InChI=1S/C23H22ClFN2O4/c1-13-11-26(12-14(2)31-13)21-20(15-4-6-16(25)7-5-15)22(28)27(23(21)29)17-8-9-19(30-3)18(24)10-17/h4-10,13-14H,11-12H2,1-3H3. The summed E-state index contributed by atoms with van der Waals surface area (Å²) in [4.78, 5) is 30.0. The summed E-state index contributed by atoms with van der Waals surface area (Å²) in [6.45, 7) is 4.76. The molecule has 1 fully saturated rings. The second kappa shape index (κ2) is 8.32. The van der Waals surface area contributed by atoms with Crippen LogP contribution in [-0.2, 0) is 14.3 Å². The van der Waals surface area contributed by atoms with Gasteiger partial charge in [0.05, 0.1) is 35.6 Å². The van der Waals surface area contributed by atoms with Crippen molar-refractivity contribution in [3.63, 3.8) is 0 Å². The number of benzene rings is 2. The van der Waals surface area contributed by atoms with Gasteiger partial charge >= 0.3 is 0 Å². The first kappa shape index (κ1) is 21.3.